The van der Waals surface area contributed by atoms with Gasteiger partial charge in [-0.3, -0.25) is 4.79 Å². The van der Waals surface area contributed by atoms with Gasteiger partial charge in [-0.2, -0.15) is 0 Å². The van der Waals surface area contributed by atoms with E-state index in [0.29, 0.717) is 5.91 Å². The number of hydrogen-bond acceptors (Lipinski definition) is 3. The first kappa shape index (κ1) is 15.1. The Morgan fingerprint density at radius 2 is 2.10 bits per heavy atom. The van der Waals surface area contributed by atoms with Crippen molar-refractivity contribution in [2.24, 2.45) is 5.92 Å². The number of nitrogens with one attached hydrogen (secondary N) is 1. The van der Waals surface area contributed by atoms with Crippen molar-refractivity contribution in [2.45, 2.75) is 18.9 Å². The second-order valence-electron chi connectivity index (χ2n) is 5.27. The number of amides is 1. The van der Waals surface area contributed by atoms with Gasteiger partial charge >= 0.3 is 0 Å². The van der Waals surface area contributed by atoms with Gasteiger partial charge in [0, 0.05) is 31.1 Å². The lowest BCUT2D eigenvalue weighted by Gasteiger charge is -2.37. The quantitative estimate of drug-likeness (QED) is 0.927. The van der Waals surface area contributed by atoms with Crippen LogP contribution < -0.4 is 10.1 Å². The second-order valence-corrected chi connectivity index (χ2v) is 5.27. The molecule has 2 aliphatic rings. The number of nitrogens with zero attached hydrogens (tertiary/aromatic N) is 1. The summed E-state index contributed by atoms with van der Waals surface area (Å²) in [6, 6.07) is 8.09. The van der Waals surface area contributed by atoms with Crippen molar-refractivity contribution in [3.05, 3.63) is 29.8 Å². The average Bonchev–Trinajstić information content (AvgIpc) is 3.31. The van der Waals surface area contributed by atoms with Gasteiger partial charge in [0.25, 0.3) is 0 Å². The summed E-state index contributed by atoms with van der Waals surface area (Å²) in [6.07, 6.45) is 2.11. The van der Waals surface area contributed by atoms with Gasteiger partial charge in [0.05, 0.1) is 13.2 Å². The van der Waals surface area contributed by atoms with Crippen LogP contribution in [0.4, 0.5) is 0 Å². The van der Waals surface area contributed by atoms with Crippen molar-refractivity contribution in [3.63, 3.8) is 0 Å². The van der Waals surface area contributed by atoms with Gasteiger partial charge in [-0.1, -0.05) is 18.2 Å². The third kappa shape index (κ3) is 2.91. The molecule has 1 N–H and O–H groups in total. The molecule has 0 spiro atoms. The molecule has 4 nitrogen and oxygen atoms in total. The van der Waals surface area contributed by atoms with Crippen molar-refractivity contribution in [1.29, 1.82) is 0 Å². The lowest BCUT2D eigenvalue weighted by molar-refractivity contribution is -0.136. The first-order valence-electron chi connectivity index (χ1n) is 6.95. The van der Waals surface area contributed by atoms with Gasteiger partial charge in [-0.05, 0) is 18.9 Å². The Morgan fingerprint density at radius 3 is 2.80 bits per heavy atom. The number of carbonyl (C=O) groups is 1. The van der Waals surface area contributed by atoms with Crippen LogP contribution in [0.2, 0.25) is 0 Å². The number of ether oxygens (including phenoxy) is 1. The number of hydrogen-bond donors (Lipinski definition) is 1. The SMILES string of the molecule is COc1ccccc1C1CNCCN1C(=O)C1CC1.Cl. The highest BCUT2D eigenvalue weighted by atomic mass is 35.5. The standard InChI is InChI=1S/C15H20N2O2.ClH/c1-19-14-5-3-2-4-12(14)13-10-16-8-9-17(13)15(18)11-6-7-11;/h2-5,11,13,16H,6-10H2,1H3;1H. The Morgan fingerprint density at radius 1 is 1.35 bits per heavy atom. The highest BCUT2D eigenvalue weighted by molar-refractivity contribution is 5.85. The van der Waals surface area contributed by atoms with Crippen LogP contribution >= 0.6 is 12.4 Å². The van der Waals surface area contributed by atoms with Crippen LogP contribution in [0, 0.1) is 5.92 Å². The molecule has 1 aliphatic carbocycles. The van der Waals surface area contributed by atoms with Crippen LogP contribution in [0.3, 0.4) is 0 Å². The van der Waals surface area contributed by atoms with Crippen molar-refractivity contribution in [3.8, 4) is 5.75 Å². The summed E-state index contributed by atoms with van der Waals surface area (Å²) in [7, 11) is 1.68. The van der Waals surface area contributed by atoms with Crippen LogP contribution in [0.15, 0.2) is 24.3 Å². The fraction of sp³-hybridized carbons (Fsp3) is 0.533. The molecule has 0 radical (unpaired) electrons. The predicted octanol–water partition coefficient (Wildman–Crippen LogP) is 2.00. The molecule has 3 rings (SSSR count). The van der Waals surface area contributed by atoms with E-state index in [1.165, 1.54) is 0 Å². The molecule has 110 valence electrons. The third-order valence-electron chi connectivity index (χ3n) is 3.95. The molecule has 1 aromatic rings. The van der Waals surface area contributed by atoms with E-state index in [2.05, 4.69) is 11.4 Å². The molecule has 1 heterocycles. The maximum Gasteiger partial charge on any atom is 0.226 e. The lowest BCUT2D eigenvalue weighted by Crippen LogP contribution is -2.49. The smallest absolute Gasteiger partial charge is 0.226 e. The molecule has 5 heteroatoms. The minimum atomic E-state index is 0. The van der Waals surface area contributed by atoms with Gasteiger partial charge in [0.15, 0.2) is 0 Å². The summed E-state index contributed by atoms with van der Waals surface area (Å²) in [6.45, 7) is 2.47. The molecule has 1 saturated carbocycles. The van der Waals surface area contributed by atoms with Gasteiger partial charge in [-0.15, -0.1) is 12.4 Å². The Balaban J connectivity index is 0.00000147. The highest BCUT2D eigenvalue weighted by Gasteiger charge is 2.38. The number of halogens is 1. The molecule has 0 aromatic heterocycles. The number of methoxy groups -OCH3 is 1. The van der Waals surface area contributed by atoms with E-state index >= 15 is 0 Å². The zero-order valence-electron chi connectivity index (χ0n) is 11.7. The van der Waals surface area contributed by atoms with Crippen molar-refractivity contribution < 1.29 is 9.53 Å². The summed E-state index contributed by atoms with van der Waals surface area (Å²) in [4.78, 5) is 14.4. The summed E-state index contributed by atoms with van der Waals surface area (Å²) in [5.41, 5.74) is 1.10. The summed E-state index contributed by atoms with van der Waals surface area (Å²) < 4.78 is 5.44. The minimum Gasteiger partial charge on any atom is -0.496 e. The van der Waals surface area contributed by atoms with Crippen LogP contribution in [0.5, 0.6) is 5.75 Å². The van der Waals surface area contributed by atoms with Crippen molar-refractivity contribution in [2.75, 3.05) is 26.7 Å². The molecule has 20 heavy (non-hydrogen) atoms. The van der Waals surface area contributed by atoms with Crippen molar-refractivity contribution in [1.82, 2.24) is 10.2 Å². The van der Waals surface area contributed by atoms with Crippen LogP contribution in [0.25, 0.3) is 0 Å². The van der Waals surface area contributed by atoms with Crippen LogP contribution in [-0.2, 0) is 4.79 Å². The monoisotopic (exact) mass is 296 g/mol. The van der Waals surface area contributed by atoms with E-state index in [0.717, 1.165) is 43.8 Å². The number of para-hydroxylation sites is 1. The Kier molecular flexibility index (Phi) is 4.89. The number of piperazine rings is 1. The fourth-order valence-electron chi connectivity index (χ4n) is 2.75. The maximum absolute atomic E-state index is 12.4. The number of carbonyl (C=O) groups excluding carboxylic acids is 1. The topological polar surface area (TPSA) is 41.6 Å². The second kappa shape index (κ2) is 6.46. The molecule has 1 saturated heterocycles. The summed E-state index contributed by atoms with van der Waals surface area (Å²) in [5, 5.41) is 3.38. The zero-order chi connectivity index (χ0) is 13.2. The highest BCUT2D eigenvalue weighted by Crippen LogP contribution is 2.36. The van der Waals surface area contributed by atoms with Crippen LogP contribution in [0.1, 0.15) is 24.4 Å². The number of benzene rings is 1. The fourth-order valence-corrected chi connectivity index (χ4v) is 2.75. The Labute approximate surface area is 125 Å². The van der Waals surface area contributed by atoms with E-state index < -0.39 is 0 Å². The van der Waals surface area contributed by atoms with Gasteiger partial charge in [-0.25, -0.2) is 0 Å². The minimum absolute atomic E-state index is 0. The molecule has 1 aromatic carbocycles. The number of rotatable bonds is 3. The first-order valence-corrected chi connectivity index (χ1v) is 6.95. The third-order valence-corrected chi connectivity index (χ3v) is 3.95. The molecular formula is C15H21ClN2O2. The molecule has 1 amide bonds. The largest absolute Gasteiger partial charge is 0.496 e. The van der Waals surface area contributed by atoms with Gasteiger partial charge in [0.2, 0.25) is 5.91 Å². The van der Waals surface area contributed by atoms with E-state index in [4.69, 9.17) is 4.74 Å². The zero-order valence-corrected chi connectivity index (χ0v) is 12.5. The average molecular weight is 297 g/mol. The molecule has 1 atom stereocenters. The Hall–Kier alpha value is -1.26. The normalized spacial score (nSPS) is 22.1. The van der Waals surface area contributed by atoms with Crippen molar-refractivity contribution >= 4 is 18.3 Å². The van der Waals surface area contributed by atoms with E-state index in [9.17, 15) is 4.79 Å². The van der Waals surface area contributed by atoms with E-state index in [1.807, 2.05) is 23.1 Å². The molecule has 2 fully saturated rings. The molecule has 1 unspecified atom stereocenters. The predicted molar refractivity (Wildman–Crippen MR) is 80.3 cm³/mol. The van der Waals surface area contributed by atoms with E-state index in [1.54, 1.807) is 7.11 Å². The lowest BCUT2D eigenvalue weighted by atomic mass is 10.0. The Bertz CT molecular complexity index is 477. The van der Waals surface area contributed by atoms with Gasteiger partial charge in [0.1, 0.15) is 5.75 Å². The van der Waals surface area contributed by atoms with E-state index in [-0.39, 0.29) is 24.4 Å². The van der Waals surface area contributed by atoms with Crippen LogP contribution in [-0.4, -0.2) is 37.6 Å². The molecular weight excluding hydrogens is 276 g/mol. The first-order chi connectivity index (χ1) is 9.31. The molecule has 1 aliphatic heterocycles. The summed E-state index contributed by atoms with van der Waals surface area (Å²) >= 11 is 0. The van der Waals surface area contributed by atoms with Gasteiger partial charge < -0.3 is 15.0 Å². The maximum atomic E-state index is 12.4. The summed E-state index contributed by atoms with van der Waals surface area (Å²) in [5.74, 6) is 1.46. The molecule has 0 bridgehead atoms.